The Bertz CT molecular complexity index is 177. The Kier molecular flexibility index (Phi) is 5.28. The average molecular weight is 171 g/mol. The van der Waals surface area contributed by atoms with Gasteiger partial charge in [0, 0.05) is 13.0 Å². The summed E-state index contributed by atoms with van der Waals surface area (Å²) < 4.78 is 0. The van der Waals surface area contributed by atoms with Crippen LogP contribution in [-0.2, 0) is 4.79 Å². The molecule has 0 fully saturated rings. The molecule has 4 heteroatoms. The summed E-state index contributed by atoms with van der Waals surface area (Å²) in [4.78, 5) is 15.1. The minimum atomic E-state index is -0.0106. The molecule has 0 saturated carbocycles. The Morgan fingerprint density at radius 1 is 1.67 bits per heavy atom. The van der Waals surface area contributed by atoms with Crippen LogP contribution in [0.4, 0.5) is 0 Å². The Labute approximate surface area is 73.2 Å². The number of hydrogen-bond donors (Lipinski definition) is 2. The molecule has 4 nitrogen and oxygen atoms in total. The van der Waals surface area contributed by atoms with Crippen molar-refractivity contribution in [3.05, 3.63) is 0 Å². The fourth-order valence-corrected chi connectivity index (χ4v) is 0.649. The molecular formula is C8H17N3O. The molecule has 70 valence electrons. The van der Waals surface area contributed by atoms with Gasteiger partial charge in [0.15, 0.2) is 0 Å². The maximum atomic E-state index is 11.3. The highest BCUT2D eigenvalue weighted by atomic mass is 16.1. The van der Waals surface area contributed by atoms with E-state index in [1.54, 1.807) is 7.05 Å². The Balaban J connectivity index is 3.99. The van der Waals surface area contributed by atoms with E-state index in [4.69, 9.17) is 5.73 Å². The second-order valence-corrected chi connectivity index (χ2v) is 2.67. The first kappa shape index (κ1) is 11.1. The van der Waals surface area contributed by atoms with Crippen LogP contribution in [0.5, 0.6) is 0 Å². The zero-order chi connectivity index (χ0) is 9.56. The number of nitrogens with one attached hydrogen (secondary N) is 1. The first-order valence-corrected chi connectivity index (χ1v) is 4.12. The van der Waals surface area contributed by atoms with Crippen LogP contribution >= 0.6 is 0 Å². The number of carbonyl (C=O) groups excluding carboxylic acids is 1. The summed E-state index contributed by atoms with van der Waals surface area (Å²) in [6.45, 7) is 4.12. The molecule has 12 heavy (non-hydrogen) atoms. The topological polar surface area (TPSA) is 67.5 Å². The van der Waals surface area contributed by atoms with Crippen LogP contribution in [0.2, 0.25) is 0 Å². The van der Waals surface area contributed by atoms with Crippen molar-refractivity contribution < 1.29 is 4.79 Å². The summed E-state index contributed by atoms with van der Waals surface area (Å²) in [6, 6.07) is 0. The molecule has 0 aliphatic carbocycles. The fraction of sp³-hybridized carbons (Fsp3) is 0.750. The summed E-state index contributed by atoms with van der Waals surface area (Å²) in [6.07, 6.45) is 0.827. The number of amides is 1. The molecule has 1 unspecified atom stereocenters. The van der Waals surface area contributed by atoms with Crippen molar-refractivity contribution in [3.63, 3.8) is 0 Å². The van der Waals surface area contributed by atoms with E-state index in [0.717, 1.165) is 6.42 Å². The van der Waals surface area contributed by atoms with Crippen molar-refractivity contribution in [3.8, 4) is 0 Å². The van der Waals surface area contributed by atoms with Gasteiger partial charge in [0.2, 0.25) is 5.91 Å². The Morgan fingerprint density at radius 3 is 2.58 bits per heavy atom. The van der Waals surface area contributed by atoms with Crippen LogP contribution in [0.15, 0.2) is 4.99 Å². The Hall–Kier alpha value is -0.900. The molecule has 0 saturated heterocycles. The summed E-state index contributed by atoms with van der Waals surface area (Å²) in [5, 5.41) is 2.65. The van der Waals surface area contributed by atoms with E-state index in [1.807, 2.05) is 13.8 Å². The molecule has 0 rings (SSSR count). The predicted molar refractivity (Wildman–Crippen MR) is 50.0 cm³/mol. The molecule has 0 radical (unpaired) electrons. The van der Waals surface area contributed by atoms with Crippen LogP contribution in [0.3, 0.4) is 0 Å². The van der Waals surface area contributed by atoms with Gasteiger partial charge in [-0.25, -0.2) is 0 Å². The van der Waals surface area contributed by atoms with Gasteiger partial charge in [0.05, 0.1) is 6.54 Å². The van der Waals surface area contributed by atoms with Crippen LogP contribution in [-0.4, -0.2) is 25.3 Å². The molecule has 0 spiro atoms. The minimum Gasteiger partial charge on any atom is -0.324 e. The van der Waals surface area contributed by atoms with Crippen molar-refractivity contribution in [2.45, 2.75) is 20.3 Å². The highest BCUT2D eigenvalue weighted by Gasteiger charge is 2.10. The molecule has 0 aromatic rings. The first-order valence-electron chi connectivity index (χ1n) is 4.12. The normalized spacial score (nSPS) is 14.2. The second kappa shape index (κ2) is 5.71. The molecule has 1 amide bonds. The maximum absolute atomic E-state index is 11.3. The average Bonchev–Trinajstić information content (AvgIpc) is 2.12. The van der Waals surface area contributed by atoms with Crippen LogP contribution in [0.25, 0.3) is 0 Å². The van der Waals surface area contributed by atoms with Crippen LogP contribution < -0.4 is 11.1 Å². The lowest BCUT2D eigenvalue weighted by Crippen LogP contribution is -2.38. The number of hydrogen-bond acceptors (Lipinski definition) is 3. The molecule has 0 aliphatic rings. The van der Waals surface area contributed by atoms with Gasteiger partial charge < -0.3 is 11.1 Å². The van der Waals surface area contributed by atoms with E-state index < -0.39 is 0 Å². The number of aliphatic imine (C=N–C) groups is 1. The van der Waals surface area contributed by atoms with Crippen molar-refractivity contribution >= 4 is 11.7 Å². The van der Waals surface area contributed by atoms with E-state index in [9.17, 15) is 4.79 Å². The zero-order valence-electron chi connectivity index (χ0n) is 7.92. The third-order valence-electron chi connectivity index (χ3n) is 1.79. The Morgan fingerprint density at radius 2 is 2.25 bits per heavy atom. The van der Waals surface area contributed by atoms with Crippen LogP contribution in [0.1, 0.15) is 20.3 Å². The molecular weight excluding hydrogens is 154 g/mol. The lowest BCUT2D eigenvalue weighted by atomic mass is 10.1. The summed E-state index contributed by atoms with van der Waals surface area (Å²) >= 11 is 0. The maximum Gasteiger partial charge on any atom is 0.228 e. The number of rotatable bonds is 3. The summed E-state index contributed by atoms with van der Waals surface area (Å²) in [5.74, 6) is 0.553. The van der Waals surface area contributed by atoms with Crippen molar-refractivity contribution in [1.82, 2.24) is 5.32 Å². The lowest BCUT2D eigenvalue weighted by molar-refractivity contribution is -0.123. The molecule has 0 aromatic carbocycles. The number of nitrogens with two attached hydrogens (primary N) is 1. The van der Waals surface area contributed by atoms with Gasteiger partial charge in [-0.15, -0.1) is 0 Å². The number of carbonyl (C=O) groups is 1. The van der Waals surface area contributed by atoms with Gasteiger partial charge in [-0.2, -0.15) is 0 Å². The number of amidine groups is 1. The molecule has 1 atom stereocenters. The molecule has 3 N–H and O–H groups in total. The van der Waals surface area contributed by atoms with Gasteiger partial charge >= 0.3 is 0 Å². The molecule has 0 aliphatic heterocycles. The van der Waals surface area contributed by atoms with E-state index in [-0.39, 0.29) is 18.4 Å². The van der Waals surface area contributed by atoms with E-state index >= 15 is 0 Å². The molecule has 0 heterocycles. The third-order valence-corrected chi connectivity index (χ3v) is 1.79. The monoisotopic (exact) mass is 171 g/mol. The van der Waals surface area contributed by atoms with Gasteiger partial charge in [-0.05, 0) is 6.42 Å². The van der Waals surface area contributed by atoms with Gasteiger partial charge in [0.1, 0.15) is 5.84 Å². The van der Waals surface area contributed by atoms with Gasteiger partial charge in [-0.1, -0.05) is 13.8 Å². The van der Waals surface area contributed by atoms with Gasteiger partial charge in [-0.3, -0.25) is 9.79 Å². The quantitative estimate of drug-likeness (QED) is 0.468. The zero-order valence-corrected chi connectivity index (χ0v) is 7.92. The summed E-state index contributed by atoms with van der Waals surface area (Å²) in [5.41, 5.74) is 5.33. The highest BCUT2D eigenvalue weighted by molar-refractivity contribution is 5.99. The molecule has 0 aromatic heterocycles. The van der Waals surface area contributed by atoms with E-state index in [1.165, 1.54) is 0 Å². The third kappa shape index (κ3) is 3.48. The fourth-order valence-electron chi connectivity index (χ4n) is 0.649. The smallest absolute Gasteiger partial charge is 0.228 e. The highest BCUT2D eigenvalue weighted by Crippen LogP contribution is 1.99. The van der Waals surface area contributed by atoms with Crippen LogP contribution in [0, 0.1) is 5.92 Å². The summed E-state index contributed by atoms with van der Waals surface area (Å²) in [7, 11) is 1.61. The van der Waals surface area contributed by atoms with E-state index in [2.05, 4.69) is 10.3 Å². The standard InChI is InChI=1S/C8H17N3O/c1-4-6(2)8(12)11-7(5-9)10-3/h6H,4-5,9H2,1-3H3,(H,10,11,12). The first-order chi connectivity index (χ1) is 5.65. The van der Waals surface area contributed by atoms with Crippen molar-refractivity contribution in [1.29, 1.82) is 0 Å². The molecule has 0 bridgehead atoms. The number of nitrogens with zero attached hydrogens (tertiary/aromatic N) is 1. The van der Waals surface area contributed by atoms with Crippen molar-refractivity contribution in [2.75, 3.05) is 13.6 Å². The van der Waals surface area contributed by atoms with Gasteiger partial charge in [0.25, 0.3) is 0 Å². The predicted octanol–water partition coefficient (Wildman–Crippen LogP) is 0.136. The lowest BCUT2D eigenvalue weighted by Gasteiger charge is -2.09. The second-order valence-electron chi connectivity index (χ2n) is 2.67. The van der Waals surface area contributed by atoms with Crippen molar-refractivity contribution in [2.24, 2.45) is 16.6 Å². The minimum absolute atomic E-state index is 0.0106. The van der Waals surface area contributed by atoms with E-state index in [0.29, 0.717) is 5.84 Å². The largest absolute Gasteiger partial charge is 0.324 e. The SMILES string of the molecule is CCC(C)C(=O)N/C(CN)=N\C.